The van der Waals surface area contributed by atoms with Gasteiger partial charge in [-0.15, -0.1) is 0 Å². The maximum absolute atomic E-state index is 12.4. The smallest absolute Gasteiger partial charge is 0.245 e. The summed E-state index contributed by atoms with van der Waals surface area (Å²) in [5.74, 6) is 0.216. The van der Waals surface area contributed by atoms with Gasteiger partial charge in [-0.25, -0.2) is 0 Å². The molecule has 1 aromatic heterocycles. The number of rotatable bonds is 3. The summed E-state index contributed by atoms with van der Waals surface area (Å²) in [6.45, 7) is 1.57. The molecule has 0 N–H and O–H groups in total. The van der Waals surface area contributed by atoms with Crippen LogP contribution in [0, 0.1) is 0 Å². The molecule has 0 radical (unpaired) electrons. The summed E-state index contributed by atoms with van der Waals surface area (Å²) in [4.78, 5) is 32.1. The fourth-order valence-corrected chi connectivity index (χ4v) is 3.03. The summed E-state index contributed by atoms with van der Waals surface area (Å²) in [5, 5.41) is 0. The van der Waals surface area contributed by atoms with Gasteiger partial charge in [0.15, 0.2) is 0 Å². The molecule has 2 aliphatic rings. The number of pyridine rings is 1. The number of carbonyl (C=O) groups is 2. The Kier molecular flexibility index (Phi) is 3.67. The van der Waals surface area contributed by atoms with Gasteiger partial charge in [-0.05, 0) is 37.3 Å². The van der Waals surface area contributed by atoms with Crippen molar-refractivity contribution in [2.24, 2.45) is 0 Å². The minimum Gasteiger partial charge on any atom is -0.331 e. The van der Waals surface area contributed by atoms with E-state index in [1.165, 1.54) is 0 Å². The minimum atomic E-state index is -0.209. The van der Waals surface area contributed by atoms with Gasteiger partial charge in [0.05, 0.1) is 6.54 Å². The molecule has 5 nitrogen and oxygen atoms in total. The van der Waals surface area contributed by atoms with Crippen molar-refractivity contribution < 1.29 is 9.59 Å². The number of amides is 2. The zero-order chi connectivity index (χ0) is 13.9. The molecule has 3 rings (SSSR count). The highest BCUT2D eigenvalue weighted by Crippen LogP contribution is 2.23. The minimum absolute atomic E-state index is 0.0977. The molecule has 0 spiro atoms. The lowest BCUT2D eigenvalue weighted by Crippen LogP contribution is -2.61. The van der Waals surface area contributed by atoms with E-state index in [9.17, 15) is 9.59 Å². The molecule has 20 heavy (non-hydrogen) atoms. The molecule has 0 bridgehead atoms. The van der Waals surface area contributed by atoms with Crippen molar-refractivity contribution in [3.05, 3.63) is 30.1 Å². The summed E-state index contributed by atoms with van der Waals surface area (Å²) in [6.07, 6.45) is 7.16. The Labute approximate surface area is 118 Å². The number of hydrogen-bond acceptors (Lipinski definition) is 3. The van der Waals surface area contributed by atoms with E-state index in [2.05, 4.69) is 4.98 Å². The highest BCUT2D eigenvalue weighted by atomic mass is 16.2. The van der Waals surface area contributed by atoms with E-state index in [-0.39, 0.29) is 24.4 Å². The Bertz CT molecular complexity index is 503. The van der Waals surface area contributed by atoms with Crippen molar-refractivity contribution in [1.82, 2.24) is 14.8 Å². The molecule has 0 aromatic carbocycles. The van der Waals surface area contributed by atoms with Gasteiger partial charge in [0.25, 0.3) is 0 Å². The maximum Gasteiger partial charge on any atom is 0.245 e. The van der Waals surface area contributed by atoms with E-state index in [1.54, 1.807) is 16.0 Å². The lowest BCUT2D eigenvalue weighted by molar-refractivity contribution is -0.157. The van der Waals surface area contributed by atoms with E-state index >= 15 is 0 Å². The van der Waals surface area contributed by atoms with Crippen molar-refractivity contribution >= 4 is 11.8 Å². The van der Waals surface area contributed by atoms with Crippen LogP contribution in [-0.2, 0) is 16.0 Å². The lowest BCUT2D eigenvalue weighted by Gasteiger charge is -2.42. The summed E-state index contributed by atoms with van der Waals surface area (Å²) in [7, 11) is 0. The van der Waals surface area contributed by atoms with Crippen LogP contribution in [0.1, 0.15) is 24.8 Å². The summed E-state index contributed by atoms with van der Waals surface area (Å²) in [5.41, 5.74) is 1.10. The zero-order valence-electron chi connectivity index (χ0n) is 11.5. The van der Waals surface area contributed by atoms with Crippen LogP contribution in [0.25, 0.3) is 0 Å². The number of piperazine rings is 1. The summed E-state index contributed by atoms with van der Waals surface area (Å²) < 4.78 is 0. The SMILES string of the molecule is O=C1C2CCCCN2C(=O)CN1CCc1cccnc1. The van der Waals surface area contributed by atoms with Crippen molar-refractivity contribution in [3.63, 3.8) is 0 Å². The standard InChI is InChI=1S/C15H19N3O2/c19-14-11-17(9-6-12-4-3-7-16-10-12)15(20)13-5-1-2-8-18(13)14/h3-4,7,10,13H,1-2,5-6,8-9,11H2. The highest BCUT2D eigenvalue weighted by molar-refractivity contribution is 5.95. The molecule has 1 unspecified atom stereocenters. The molecular formula is C15H19N3O2. The first-order valence-electron chi connectivity index (χ1n) is 7.23. The van der Waals surface area contributed by atoms with Gasteiger partial charge < -0.3 is 9.80 Å². The molecule has 2 fully saturated rings. The third-order valence-electron chi connectivity index (χ3n) is 4.14. The first-order valence-corrected chi connectivity index (χ1v) is 7.23. The molecule has 106 valence electrons. The monoisotopic (exact) mass is 273 g/mol. The average molecular weight is 273 g/mol. The molecular weight excluding hydrogens is 254 g/mol. The Morgan fingerprint density at radius 2 is 2.20 bits per heavy atom. The third kappa shape index (κ3) is 2.53. The summed E-state index contributed by atoms with van der Waals surface area (Å²) in [6, 6.07) is 3.68. The van der Waals surface area contributed by atoms with Gasteiger partial charge in [0.1, 0.15) is 6.04 Å². The first kappa shape index (κ1) is 13.1. The van der Waals surface area contributed by atoms with Gasteiger partial charge in [-0.2, -0.15) is 0 Å². The Hall–Kier alpha value is -1.91. The normalized spacial score (nSPS) is 22.9. The first-order chi connectivity index (χ1) is 9.75. The van der Waals surface area contributed by atoms with E-state index in [4.69, 9.17) is 0 Å². The number of piperidine rings is 1. The topological polar surface area (TPSA) is 53.5 Å². The third-order valence-corrected chi connectivity index (χ3v) is 4.14. The second kappa shape index (κ2) is 5.61. The van der Waals surface area contributed by atoms with Crippen LogP contribution in [0.5, 0.6) is 0 Å². The number of fused-ring (bicyclic) bond motifs is 1. The predicted molar refractivity (Wildman–Crippen MR) is 73.9 cm³/mol. The van der Waals surface area contributed by atoms with Crippen LogP contribution >= 0.6 is 0 Å². The van der Waals surface area contributed by atoms with Crippen LogP contribution in [0.4, 0.5) is 0 Å². The van der Waals surface area contributed by atoms with Crippen molar-refractivity contribution in [1.29, 1.82) is 0 Å². The molecule has 1 aromatic rings. The predicted octanol–water partition coefficient (Wildman–Crippen LogP) is 0.847. The molecule has 2 saturated heterocycles. The van der Waals surface area contributed by atoms with Gasteiger partial charge in [0.2, 0.25) is 11.8 Å². The average Bonchev–Trinajstić information content (AvgIpc) is 2.50. The molecule has 5 heteroatoms. The van der Waals surface area contributed by atoms with E-state index in [1.807, 2.05) is 18.3 Å². The van der Waals surface area contributed by atoms with E-state index < -0.39 is 0 Å². The molecule has 3 heterocycles. The van der Waals surface area contributed by atoms with Crippen molar-refractivity contribution in [2.45, 2.75) is 31.7 Å². The molecule has 2 amide bonds. The summed E-state index contributed by atoms with van der Waals surface area (Å²) >= 11 is 0. The van der Waals surface area contributed by atoms with E-state index in [0.29, 0.717) is 6.54 Å². The van der Waals surface area contributed by atoms with Crippen LogP contribution < -0.4 is 0 Å². The quantitative estimate of drug-likeness (QED) is 0.820. The lowest BCUT2D eigenvalue weighted by atomic mass is 9.98. The second-order valence-electron chi connectivity index (χ2n) is 5.47. The largest absolute Gasteiger partial charge is 0.331 e. The Morgan fingerprint density at radius 3 is 3.00 bits per heavy atom. The van der Waals surface area contributed by atoms with Crippen LogP contribution in [0.15, 0.2) is 24.5 Å². The Morgan fingerprint density at radius 1 is 1.30 bits per heavy atom. The number of nitrogens with zero attached hydrogens (tertiary/aromatic N) is 3. The van der Waals surface area contributed by atoms with E-state index in [0.717, 1.165) is 37.8 Å². The second-order valence-corrected chi connectivity index (χ2v) is 5.47. The fourth-order valence-electron chi connectivity index (χ4n) is 3.03. The molecule has 0 aliphatic carbocycles. The Balaban J connectivity index is 1.65. The number of carbonyl (C=O) groups excluding carboxylic acids is 2. The van der Waals surface area contributed by atoms with Gasteiger partial charge in [-0.1, -0.05) is 6.07 Å². The molecule has 0 saturated carbocycles. The zero-order valence-corrected chi connectivity index (χ0v) is 11.5. The van der Waals surface area contributed by atoms with Crippen molar-refractivity contribution in [3.8, 4) is 0 Å². The van der Waals surface area contributed by atoms with Crippen LogP contribution in [0.2, 0.25) is 0 Å². The van der Waals surface area contributed by atoms with Crippen LogP contribution in [0.3, 0.4) is 0 Å². The fraction of sp³-hybridized carbons (Fsp3) is 0.533. The van der Waals surface area contributed by atoms with Gasteiger partial charge in [-0.3, -0.25) is 14.6 Å². The van der Waals surface area contributed by atoms with Gasteiger partial charge in [0, 0.05) is 25.5 Å². The van der Waals surface area contributed by atoms with Crippen molar-refractivity contribution in [2.75, 3.05) is 19.6 Å². The maximum atomic E-state index is 12.4. The van der Waals surface area contributed by atoms with Gasteiger partial charge >= 0.3 is 0 Å². The number of hydrogen-bond donors (Lipinski definition) is 0. The molecule has 1 atom stereocenters. The highest BCUT2D eigenvalue weighted by Gasteiger charge is 2.39. The molecule has 2 aliphatic heterocycles. The number of aromatic nitrogens is 1. The van der Waals surface area contributed by atoms with Crippen LogP contribution in [-0.4, -0.2) is 52.3 Å².